The average molecular weight is 501 g/mol. The summed E-state index contributed by atoms with van der Waals surface area (Å²) in [6.45, 7) is -12.9. The normalized spacial score (nSPS) is 26.9. The second kappa shape index (κ2) is 11.7. The van der Waals surface area contributed by atoms with Crippen LogP contribution < -0.4 is 4.90 Å². The fraction of sp³-hybridized carbons (Fsp3) is 0.429. The van der Waals surface area contributed by atoms with Crippen LogP contribution in [0.3, 0.4) is 0 Å². The SMILES string of the molecule is Cl.Cl.[2H]C1([2H])N(CCO)C([2H])([2H])C([2H])([2H])N(CCCN2c3ccc(O)cc3Sc3ccc(Cl)cc32)C1([2H])[2H]. The van der Waals surface area contributed by atoms with Gasteiger partial charge in [0.25, 0.3) is 0 Å². The van der Waals surface area contributed by atoms with E-state index in [-0.39, 0.29) is 50.1 Å². The van der Waals surface area contributed by atoms with Crippen molar-refractivity contribution in [3.8, 4) is 5.75 Å². The number of anilines is 2. The Balaban J connectivity index is 0.00000253. The summed E-state index contributed by atoms with van der Waals surface area (Å²) in [6.07, 6.45) is 0.155. The van der Waals surface area contributed by atoms with E-state index in [9.17, 15) is 10.2 Å². The van der Waals surface area contributed by atoms with E-state index in [1.165, 1.54) is 11.8 Å². The number of phenolic OH excluding ortho intramolecular Hbond substituents is 1. The van der Waals surface area contributed by atoms with Crippen molar-refractivity contribution in [3.63, 3.8) is 0 Å². The number of piperazine rings is 1. The molecule has 166 valence electrons. The zero-order valence-corrected chi connectivity index (χ0v) is 19.0. The van der Waals surface area contributed by atoms with Crippen LogP contribution in [0.5, 0.6) is 5.75 Å². The van der Waals surface area contributed by atoms with Gasteiger partial charge in [0.05, 0.1) is 18.0 Å². The molecule has 0 spiro atoms. The molecule has 0 unspecified atom stereocenters. The van der Waals surface area contributed by atoms with Gasteiger partial charge in [0.2, 0.25) is 0 Å². The van der Waals surface area contributed by atoms with Gasteiger partial charge in [-0.05, 0) is 49.4 Å². The number of fused-ring (bicyclic) bond motifs is 2. The Kier molecular flexibility index (Phi) is 6.17. The van der Waals surface area contributed by atoms with Gasteiger partial charge in [-0.15, -0.1) is 24.8 Å². The molecule has 2 aromatic rings. The molecular weight excluding hydrogens is 465 g/mol. The van der Waals surface area contributed by atoms with Gasteiger partial charge in [0.1, 0.15) is 5.75 Å². The van der Waals surface area contributed by atoms with Crippen molar-refractivity contribution in [1.29, 1.82) is 0 Å². The quantitative estimate of drug-likeness (QED) is 0.609. The minimum Gasteiger partial charge on any atom is -0.508 e. The fourth-order valence-electron chi connectivity index (χ4n) is 3.09. The molecule has 1 saturated heterocycles. The maximum absolute atomic E-state index is 9.95. The lowest BCUT2D eigenvalue weighted by molar-refractivity contribution is 0.112. The monoisotopic (exact) mass is 499 g/mol. The lowest BCUT2D eigenvalue weighted by atomic mass is 10.2. The van der Waals surface area contributed by atoms with Crippen molar-refractivity contribution in [2.45, 2.75) is 16.2 Å². The summed E-state index contributed by atoms with van der Waals surface area (Å²) in [5.74, 6) is 0.102. The van der Waals surface area contributed by atoms with Crippen molar-refractivity contribution in [1.82, 2.24) is 9.80 Å². The van der Waals surface area contributed by atoms with E-state index in [4.69, 9.17) is 22.6 Å². The minimum atomic E-state index is -2.92. The van der Waals surface area contributed by atoms with Crippen LogP contribution in [0.1, 0.15) is 17.4 Å². The molecule has 2 N–H and O–H groups in total. The Hall–Kier alpha value is -0.860. The van der Waals surface area contributed by atoms with Crippen LogP contribution in [-0.4, -0.2) is 72.2 Å². The number of hydrogen-bond donors (Lipinski definition) is 2. The lowest BCUT2D eigenvalue weighted by Gasteiger charge is -2.36. The first-order valence-electron chi connectivity index (χ1n) is 12.9. The molecule has 5 nitrogen and oxygen atoms in total. The summed E-state index contributed by atoms with van der Waals surface area (Å²) in [5, 5.41) is 19.8. The third kappa shape index (κ3) is 5.88. The highest BCUT2D eigenvalue weighted by Gasteiger charge is 2.24. The summed E-state index contributed by atoms with van der Waals surface area (Å²) in [7, 11) is 0. The van der Waals surface area contributed by atoms with Gasteiger partial charge in [-0.25, -0.2) is 0 Å². The molecule has 0 amide bonds. The van der Waals surface area contributed by atoms with Crippen LogP contribution in [0.4, 0.5) is 11.4 Å². The molecule has 0 aliphatic carbocycles. The van der Waals surface area contributed by atoms with E-state index >= 15 is 0 Å². The van der Waals surface area contributed by atoms with Gasteiger partial charge in [-0.3, -0.25) is 4.90 Å². The second-order valence-electron chi connectivity index (χ2n) is 6.35. The van der Waals surface area contributed by atoms with Crippen molar-refractivity contribution < 1.29 is 21.2 Å². The number of rotatable bonds is 6. The van der Waals surface area contributed by atoms with E-state index in [0.717, 1.165) is 21.2 Å². The second-order valence-corrected chi connectivity index (χ2v) is 7.87. The molecule has 4 rings (SSSR count). The maximum Gasteiger partial charge on any atom is 0.116 e. The zero-order valence-electron chi connectivity index (χ0n) is 23.8. The van der Waals surface area contributed by atoms with Crippen molar-refractivity contribution in [3.05, 3.63) is 41.4 Å². The molecule has 0 atom stereocenters. The zero-order chi connectivity index (χ0) is 26.7. The number of benzene rings is 2. The highest BCUT2D eigenvalue weighted by atomic mass is 35.5. The number of hydrogen-bond acceptors (Lipinski definition) is 6. The number of aliphatic hydroxyl groups is 1. The molecule has 1 fully saturated rings. The van der Waals surface area contributed by atoms with Gasteiger partial charge in [-0.2, -0.15) is 0 Å². The molecule has 2 aliphatic rings. The molecule has 9 heteroatoms. The molecule has 0 aromatic heterocycles. The molecule has 0 saturated carbocycles. The largest absolute Gasteiger partial charge is 0.508 e. The van der Waals surface area contributed by atoms with Crippen LogP contribution in [0.15, 0.2) is 46.2 Å². The van der Waals surface area contributed by atoms with Crippen molar-refractivity contribution in [2.24, 2.45) is 0 Å². The van der Waals surface area contributed by atoms with Gasteiger partial charge >= 0.3 is 0 Å². The molecular formula is C21H28Cl3N3O2S. The summed E-state index contributed by atoms with van der Waals surface area (Å²) in [4.78, 5) is 4.61. The first-order valence-corrected chi connectivity index (χ1v) is 10.1. The van der Waals surface area contributed by atoms with Gasteiger partial charge < -0.3 is 20.0 Å². The molecule has 2 heterocycles. The smallest absolute Gasteiger partial charge is 0.116 e. The van der Waals surface area contributed by atoms with Gasteiger partial charge in [0.15, 0.2) is 0 Å². The van der Waals surface area contributed by atoms with E-state index in [1.54, 1.807) is 30.3 Å². The first-order chi connectivity index (χ1) is 16.7. The molecule has 0 bridgehead atoms. The Bertz CT molecular complexity index is 1140. The predicted molar refractivity (Wildman–Crippen MR) is 130 cm³/mol. The molecule has 2 aliphatic heterocycles. The van der Waals surface area contributed by atoms with E-state index in [0.29, 0.717) is 14.8 Å². The Morgan fingerprint density at radius 3 is 2.30 bits per heavy atom. The van der Waals surface area contributed by atoms with Gasteiger partial charge in [-0.1, -0.05) is 23.4 Å². The fourth-order valence-corrected chi connectivity index (χ4v) is 4.37. The Morgan fingerprint density at radius 2 is 1.60 bits per heavy atom. The Labute approximate surface area is 211 Å². The summed E-state index contributed by atoms with van der Waals surface area (Å²) >= 11 is 7.70. The average Bonchev–Trinajstić information content (AvgIpc) is 2.78. The van der Waals surface area contributed by atoms with Crippen LogP contribution in [0.25, 0.3) is 0 Å². The lowest BCUT2D eigenvalue weighted by Crippen LogP contribution is -2.47. The summed E-state index contributed by atoms with van der Waals surface area (Å²) < 4.78 is 67.2. The van der Waals surface area contributed by atoms with Crippen LogP contribution >= 0.6 is 48.2 Å². The maximum atomic E-state index is 9.95. The number of β-amino-alcohol motifs (C(OH)–C–C–N with tert-alkyl or cyclic N) is 1. The third-order valence-corrected chi connectivity index (χ3v) is 5.74. The highest BCUT2D eigenvalue weighted by Crippen LogP contribution is 2.49. The number of aromatic hydroxyl groups is 1. The van der Waals surface area contributed by atoms with Crippen molar-refractivity contribution in [2.75, 3.05) is 57.1 Å². The highest BCUT2D eigenvalue weighted by molar-refractivity contribution is 7.99. The number of phenols is 1. The molecule has 30 heavy (non-hydrogen) atoms. The summed E-state index contributed by atoms with van der Waals surface area (Å²) in [6, 6.07) is 10.3. The number of nitrogens with zero attached hydrogens (tertiary/aromatic N) is 3. The van der Waals surface area contributed by atoms with Crippen LogP contribution in [-0.2, 0) is 0 Å². The van der Waals surface area contributed by atoms with Crippen molar-refractivity contribution >= 4 is 59.6 Å². The number of halogens is 3. The van der Waals surface area contributed by atoms with E-state index in [2.05, 4.69) is 0 Å². The summed E-state index contributed by atoms with van der Waals surface area (Å²) in [5.41, 5.74) is 1.56. The standard InChI is InChI=1S/C21H26ClN3O2S.2ClH/c22-16-2-5-20-19(14-16)25(18-4-3-17(27)15-21(18)28-20)7-1-6-23-8-10-24(11-9-23)12-13-26;;/h2-5,14-15,26-27H,1,6-13H2;2*1H/i8D2,9D2,10D2,11D2;;. The van der Waals surface area contributed by atoms with Gasteiger partial charge in [0, 0.05) is 64.9 Å². The Morgan fingerprint density at radius 1 is 0.900 bits per heavy atom. The molecule has 0 radical (unpaired) electrons. The van der Waals surface area contributed by atoms with Crippen LogP contribution in [0.2, 0.25) is 5.02 Å². The third-order valence-electron chi connectivity index (χ3n) is 4.39. The minimum absolute atomic E-state index is 0. The number of aliphatic hydroxyl groups excluding tert-OH is 1. The topological polar surface area (TPSA) is 50.2 Å². The predicted octanol–water partition coefficient (Wildman–Crippen LogP) is 4.49. The van der Waals surface area contributed by atoms with E-state index < -0.39 is 39.1 Å². The molecule has 2 aromatic carbocycles. The van der Waals surface area contributed by atoms with E-state index in [1.807, 2.05) is 11.0 Å². The van der Waals surface area contributed by atoms with Crippen LogP contribution in [0, 0.1) is 0 Å². The first kappa shape index (κ1) is 15.9.